The van der Waals surface area contributed by atoms with E-state index in [2.05, 4.69) is 12.2 Å². The van der Waals surface area contributed by atoms with E-state index in [0.29, 0.717) is 12.6 Å². The second-order valence-electron chi connectivity index (χ2n) is 4.36. The topological polar surface area (TPSA) is 39.7 Å². The lowest BCUT2D eigenvalue weighted by atomic mass is 10.2. The summed E-state index contributed by atoms with van der Waals surface area (Å²) in [5.74, 6) is 1.56. The molecule has 0 aliphatic heterocycles. The van der Waals surface area contributed by atoms with Gasteiger partial charge in [0.2, 0.25) is 0 Å². The fourth-order valence-electron chi connectivity index (χ4n) is 1.74. The van der Waals surface area contributed by atoms with Crippen molar-refractivity contribution < 1.29 is 14.2 Å². The van der Waals surface area contributed by atoms with Crippen molar-refractivity contribution in [1.82, 2.24) is 5.32 Å². The van der Waals surface area contributed by atoms with Gasteiger partial charge in [-0.05, 0) is 38.5 Å². The van der Waals surface area contributed by atoms with E-state index in [1.807, 2.05) is 32.0 Å². The minimum atomic E-state index is 0.331. The van der Waals surface area contributed by atoms with Gasteiger partial charge < -0.3 is 19.5 Å². The Kier molecular flexibility index (Phi) is 7.30. The van der Waals surface area contributed by atoms with Gasteiger partial charge in [-0.2, -0.15) is 0 Å². The SMILES string of the molecule is CCOCC(C)NCc1ccc(OCC)c(OC)c1. The minimum Gasteiger partial charge on any atom is -0.493 e. The summed E-state index contributed by atoms with van der Waals surface area (Å²) in [6, 6.07) is 6.34. The van der Waals surface area contributed by atoms with Crippen LogP contribution in [0.15, 0.2) is 18.2 Å². The Morgan fingerprint density at radius 2 is 1.95 bits per heavy atom. The Morgan fingerprint density at radius 3 is 2.58 bits per heavy atom. The maximum atomic E-state index is 5.50. The van der Waals surface area contributed by atoms with E-state index in [0.717, 1.165) is 31.3 Å². The first-order chi connectivity index (χ1) is 9.21. The number of hydrogen-bond acceptors (Lipinski definition) is 4. The standard InChI is InChI=1S/C15H25NO3/c1-5-18-11-12(3)16-10-13-7-8-14(19-6-2)15(9-13)17-4/h7-9,12,16H,5-6,10-11H2,1-4H3. The van der Waals surface area contributed by atoms with Crippen molar-refractivity contribution in [2.24, 2.45) is 0 Å². The summed E-state index contributed by atoms with van der Waals surface area (Å²) in [6.45, 7) is 8.99. The van der Waals surface area contributed by atoms with Crippen molar-refractivity contribution in [2.75, 3.05) is 26.9 Å². The molecule has 0 amide bonds. The summed E-state index contributed by atoms with van der Waals surface area (Å²) in [4.78, 5) is 0. The molecule has 0 fully saturated rings. The van der Waals surface area contributed by atoms with Gasteiger partial charge in [-0.3, -0.25) is 0 Å². The molecule has 4 heteroatoms. The van der Waals surface area contributed by atoms with Crippen molar-refractivity contribution in [2.45, 2.75) is 33.4 Å². The fraction of sp³-hybridized carbons (Fsp3) is 0.600. The van der Waals surface area contributed by atoms with Crippen molar-refractivity contribution in [1.29, 1.82) is 0 Å². The highest BCUT2D eigenvalue weighted by Crippen LogP contribution is 2.27. The van der Waals surface area contributed by atoms with Gasteiger partial charge in [-0.15, -0.1) is 0 Å². The summed E-state index contributed by atoms with van der Waals surface area (Å²) < 4.78 is 16.2. The first-order valence-corrected chi connectivity index (χ1v) is 6.82. The van der Waals surface area contributed by atoms with Crippen molar-refractivity contribution >= 4 is 0 Å². The van der Waals surface area contributed by atoms with Crippen LogP contribution in [0.25, 0.3) is 0 Å². The van der Waals surface area contributed by atoms with E-state index >= 15 is 0 Å². The molecule has 1 aromatic carbocycles. The number of nitrogens with one attached hydrogen (secondary N) is 1. The molecule has 4 nitrogen and oxygen atoms in total. The van der Waals surface area contributed by atoms with Crippen LogP contribution in [0.3, 0.4) is 0 Å². The van der Waals surface area contributed by atoms with Gasteiger partial charge in [0, 0.05) is 19.2 Å². The smallest absolute Gasteiger partial charge is 0.161 e. The maximum absolute atomic E-state index is 5.50. The molecule has 0 saturated carbocycles. The van der Waals surface area contributed by atoms with Crippen LogP contribution in [0.2, 0.25) is 0 Å². The van der Waals surface area contributed by atoms with Crippen LogP contribution < -0.4 is 14.8 Å². The van der Waals surface area contributed by atoms with Crippen LogP contribution in [0.5, 0.6) is 11.5 Å². The zero-order valence-corrected chi connectivity index (χ0v) is 12.4. The van der Waals surface area contributed by atoms with Gasteiger partial charge >= 0.3 is 0 Å². The predicted octanol–water partition coefficient (Wildman–Crippen LogP) is 2.61. The van der Waals surface area contributed by atoms with Gasteiger partial charge in [0.15, 0.2) is 11.5 Å². The first kappa shape index (κ1) is 15.8. The first-order valence-electron chi connectivity index (χ1n) is 6.82. The van der Waals surface area contributed by atoms with Crippen LogP contribution in [-0.4, -0.2) is 33.0 Å². The maximum Gasteiger partial charge on any atom is 0.161 e. The molecule has 1 unspecified atom stereocenters. The molecule has 1 N–H and O–H groups in total. The van der Waals surface area contributed by atoms with Gasteiger partial charge in [-0.25, -0.2) is 0 Å². The molecule has 0 spiro atoms. The van der Waals surface area contributed by atoms with E-state index < -0.39 is 0 Å². The number of benzene rings is 1. The molecule has 0 heterocycles. The number of ether oxygens (including phenoxy) is 3. The Hall–Kier alpha value is -1.26. The van der Waals surface area contributed by atoms with E-state index in [4.69, 9.17) is 14.2 Å². The quantitative estimate of drug-likeness (QED) is 0.746. The summed E-state index contributed by atoms with van der Waals surface area (Å²) in [5, 5.41) is 3.42. The Morgan fingerprint density at radius 1 is 1.16 bits per heavy atom. The molecule has 1 aromatic rings. The third kappa shape index (κ3) is 5.49. The molecular weight excluding hydrogens is 242 g/mol. The zero-order valence-electron chi connectivity index (χ0n) is 12.4. The van der Waals surface area contributed by atoms with E-state index in [1.165, 1.54) is 5.56 Å². The predicted molar refractivity (Wildman–Crippen MR) is 77.0 cm³/mol. The largest absolute Gasteiger partial charge is 0.493 e. The summed E-state index contributed by atoms with van der Waals surface area (Å²) in [7, 11) is 1.66. The van der Waals surface area contributed by atoms with Gasteiger partial charge in [0.1, 0.15) is 0 Å². The summed E-state index contributed by atoms with van der Waals surface area (Å²) >= 11 is 0. The zero-order chi connectivity index (χ0) is 14.1. The second kappa shape index (κ2) is 8.77. The second-order valence-corrected chi connectivity index (χ2v) is 4.36. The third-order valence-electron chi connectivity index (χ3n) is 2.75. The number of methoxy groups -OCH3 is 1. The average Bonchev–Trinajstić information content (AvgIpc) is 2.44. The molecule has 0 bridgehead atoms. The summed E-state index contributed by atoms with van der Waals surface area (Å²) in [5.41, 5.74) is 1.17. The van der Waals surface area contributed by atoms with Crippen molar-refractivity contribution in [3.63, 3.8) is 0 Å². The van der Waals surface area contributed by atoms with Crippen LogP contribution in [0.4, 0.5) is 0 Å². The normalized spacial score (nSPS) is 12.2. The minimum absolute atomic E-state index is 0.331. The number of rotatable bonds is 9. The fourth-order valence-corrected chi connectivity index (χ4v) is 1.74. The Balaban J connectivity index is 2.54. The average molecular weight is 267 g/mol. The van der Waals surface area contributed by atoms with Crippen molar-refractivity contribution in [3.05, 3.63) is 23.8 Å². The van der Waals surface area contributed by atoms with Crippen LogP contribution in [-0.2, 0) is 11.3 Å². The van der Waals surface area contributed by atoms with E-state index in [-0.39, 0.29) is 0 Å². The van der Waals surface area contributed by atoms with E-state index in [1.54, 1.807) is 7.11 Å². The van der Waals surface area contributed by atoms with Gasteiger partial charge in [0.05, 0.1) is 20.3 Å². The molecule has 1 rings (SSSR count). The molecule has 0 saturated heterocycles. The lowest BCUT2D eigenvalue weighted by Crippen LogP contribution is -2.30. The molecular formula is C15H25NO3. The highest BCUT2D eigenvalue weighted by Gasteiger charge is 2.06. The third-order valence-corrected chi connectivity index (χ3v) is 2.75. The highest BCUT2D eigenvalue weighted by atomic mass is 16.5. The molecule has 0 aliphatic rings. The van der Waals surface area contributed by atoms with Crippen molar-refractivity contribution in [3.8, 4) is 11.5 Å². The lowest BCUT2D eigenvalue weighted by molar-refractivity contribution is 0.127. The van der Waals surface area contributed by atoms with E-state index in [9.17, 15) is 0 Å². The van der Waals surface area contributed by atoms with Crippen LogP contribution in [0.1, 0.15) is 26.3 Å². The Bertz CT molecular complexity index is 368. The van der Waals surface area contributed by atoms with Crippen LogP contribution in [0, 0.1) is 0 Å². The Labute approximate surface area is 116 Å². The molecule has 0 radical (unpaired) electrons. The molecule has 108 valence electrons. The summed E-state index contributed by atoms with van der Waals surface area (Å²) in [6.07, 6.45) is 0. The molecule has 0 aliphatic carbocycles. The van der Waals surface area contributed by atoms with Crippen LogP contribution >= 0.6 is 0 Å². The lowest BCUT2D eigenvalue weighted by Gasteiger charge is -2.15. The monoisotopic (exact) mass is 267 g/mol. The highest BCUT2D eigenvalue weighted by molar-refractivity contribution is 5.42. The molecule has 0 aromatic heterocycles. The van der Waals surface area contributed by atoms with Gasteiger partial charge in [-0.1, -0.05) is 6.07 Å². The number of hydrogen-bond donors (Lipinski definition) is 1. The molecule has 1 atom stereocenters. The van der Waals surface area contributed by atoms with Gasteiger partial charge in [0.25, 0.3) is 0 Å². The molecule has 19 heavy (non-hydrogen) atoms.